The summed E-state index contributed by atoms with van der Waals surface area (Å²) in [5.74, 6) is 1.03. The Labute approximate surface area is 200 Å². The topological polar surface area (TPSA) is 79.8 Å². The third kappa shape index (κ3) is 4.38. The number of amides is 2. The molecule has 1 aromatic heterocycles. The number of furan rings is 1. The van der Waals surface area contributed by atoms with Crippen LogP contribution >= 0.6 is 0 Å². The number of nitrogens with two attached hydrogens (primary N) is 1. The fourth-order valence-electron chi connectivity index (χ4n) is 5.28. The lowest BCUT2D eigenvalue weighted by molar-refractivity contribution is -0.134. The molecule has 3 heterocycles. The zero-order chi connectivity index (χ0) is 23.7. The van der Waals surface area contributed by atoms with Crippen LogP contribution in [0.15, 0.2) is 77.2 Å². The SMILES string of the molecule is C[C@H](N)c1ccc(C(=O)N2C[C@@H](c3ccccc3)C[C@H]2C(=O)N2CC[C@H](c3ccccc3)C2)o1. The van der Waals surface area contributed by atoms with E-state index in [1.54, 1.807) is 17.0 Å². The van der Waals surface area contributed by atoms with Crippen molar-refractivity contribution in [2.75, 3.05) is 19.6 Å². The fraction of sp³-hybridized carbons (Fsp3) is 0.357. The number of carbonyl (C=O) groups is 2. The summed E-state index contributed by atoms with van der Waals surface area (Å²) in [5.41, 5.74) is 8.33. The van der Waals surface area contributed by atoms with Crippen molar-refractivity contribution in [2.24, 2.45) is 5.73 Å². The summed E-state index contributed by atoms with van der Waals surface area (Å²) in [6.07, 6.45) is 1.55. The van der Waals surface area contributed by atoms with Gasteiger partial charge in [0, 0.05) is 31.5 Å². The van der Waals surface area contributed by atoms with Gasteiger partial charge < -0.3 is 20.0 Å². The molecule has 0 saturated carbocycles. The first-order chi connectivity index (χ1) is 16.5. The highest BCUT2D eigenvalue weighted by molar-refractivity contribution is 5.96. The fourth-order valence-corrected chi connectivity index (χ4v) is 5.28. The van der Waals surface area contributed by atoms with Gasteiger partial charge in [0.05, 0.1) is 6.04 Å². The molecule has 176 valence electrons. The third-order valence-corrected chi connectivity index (χ3v) is 7.18. The zero-order valence-corrected chi connectivity index (χ0v) is 19.5. The number of rotatable bonds is 5. The predicted octanol–water partition coefficient (Wildman–Crippen LogP) is 4.31. The average molecular weight is 458 g/mol. The quantitative estimate of drug-likeness (QED) is 0.619. The highest BCUT2D eigenvalue weighted by atomic mass is 16.4. The van der Waals surface area contributed by atoms with Gasteiger partial charge in [-0.05, 0) is 43.0 Å². The van der Waals surface area contributed by atoms with Crippen LogP contribution in [0.2, 0.25) is 0 Å². The van der Waals surface area contributed by atoms with Gasteiger partial charge in [-0.25, -0.2) is 0 Å². The Morgan fingerprint density at radius 2 is 1.56 bits per heavy atom. The van der Waals surface area contributed by atoms with Gasteiger partial charge in [0.1, 0.15) is 11.8 Å². The van der Waals surface area contributed by atoms with Crippen LogP contribution < -0.4 is 5.73 Å². The summed E-state index contributed by atoms with van der Waals surface area (Å²) in [5, 5.41) is 0. The largest absolute Gasteiger partial charge is 0.454 e. The van der Waals surface area contributed by atoms with Crippen LogP contribution in [0, 0.1) is 0 Å². The second kappa shape index (κ2) is 9.47. The molecule has 5 rings (SSSR count). The van der Waals surface area contributed by atoms with Crippen LogP contribution in [0.1, 0.15) is 65.1 Å². The third-order valence-electron chi connectivity index (χ3n) is 7.18. The van der Waals surface area contributed by atoms with Gasteiger partial charge in [-0.3, -0.25) is 9.59 Å². The molecule has 2 fully saturated rings. The van der Waals surface area contributed by atoms with Crippen molar-refractivity contribution in [2.45, 2.75) is 43.7 Å². The number of benzene rings is 2. The van der Waals surface area contributed by atoms with Crippen molar-refractivity contribution >= 4 is 11.8 Å². The zero-order valence-electron chi connectivity index (χ0n) is 19.5. The molecule has 4 atom stereocenters. The average Bonchev–Trinajstić information content (AvgIpc) is 3.64. The molecule has 6 heteroatoms. The molecule has 0 radical (unpaired) electrons. The monoisotopic (exact) mass is 457 g/mol. The Balaban J connectivity index is 1.38. The first-order valence-corrected chi connectivity index (χ1v) is 12.1. The lowest BCUT2D eigenvalue weighted by Crippen LogP contribution is -2.47. The van der Waals surface area contributed by atoms with Crippen molar-refractivity contribution in [1.29, 1.82) is 0 Å². The molecule has 6 nitrogen and oxygen atoms in total. The molecule has 3 aromatic rings. The number of hydrogen-bond acceptors (Lipinski definition) is 4. The summed E-state index contributed by atoms with van der Waals surface area (Å²) < 4.78 is 5.75. The Morgan fingerprint density at radius 3 is 2.18 bits per heavy atom. The molecular weight excluding hydrogens is 426 g/mol. The van der Waals surface area contributed by atoms with E-state index in [4.69, 9.17) is 10.2 Å². The summed E-state index contributed by atoms with van der Waals surface area (Å²) in [6.45, 7) is 3.70. The first-order valence-electron chi connectivity index (χ1n) is 12.1. The maximum atomic E-state index is 13.7. The minimum atomic E-state index is -0.504. The van der Waals surface area contributed by atoms with E-state index in [1.165, 1.54) is 5.56 Å². The van der Waals surface area contributed by atoms with Crippen LogP contribution in [-0.2, 0) is 4.79 Å². The van der Waals surface area contributed by atoms with E-state index in [-0.39, 0.29) is 29.5 Å². The highest BCUT2D eigenvalue weighted by Gasteiger charge is 2.44. The van der Waals surface area contributed by atoms with E-state index in [0.29, 0.717) is 37.7 Å². The summed E-state index contributed by atoms with van der Waals surface area (Å²) in [7, 11) is 0. The minimum Gasteiger partial charge on any atom is -0.454 e. The number of nitrogens with zero attached hydrogens (tertiary/aromatic N) is 2. The van der Waals surface area contributed by atoms with E-state index in [1.807, 2.05) is 48.2 Å². The Bertz CT molecular complexity index is 1140. The maximum absolute atomic E-state index is 13.7. The lowest BCUT2D eigenvalue weighted by Gasteiger charge is -2.27. The van der Waals surface area contributed by atoms with Crippen molar-refractivity contribution in [3.8, 4) is 0 Å². The van der Waals surface area contributed by atoms with Crippen LogP contribution in [0.25, 0.3) is 0 Å². The van der Waals surface area contributed by atoms with Gasteiger partial charge in [-0.15, -0.1) is 0 Å². The van der Waals surface area contributed by atoms with E-state index >= 15 is 0 Å². The van der Waals surface area contributed by atoms with E-state index in [2.05, 4.69) is 24.3 Å². The Hall–Kier alpha value is -3.38. The van der Waals surface area contributed by atoms with Crippen LogP contribution in [0.4, 0.5) is 0 Å². The first kappa shape index (κ1) is 22.4. The van der Waals surface area contributed by atoms with Gasteiger partial charge in [0.25, 0.3) is 5.91 Å². The molecule has 0 aliphatic carbocycles. The smallest absolute Gasteiger partial charge is 0.290 e. The standard InChI is InChI=1S/C28H31N3O3/c1-19(29)25-12-13-26(34-25)28(33)31-18-23(21-10-6-3-7-11-21)16-24(31)27(32)30-15-14-22(17-30)20-8-4-2-5-9-20/h2-13,19,22-24H,14-18,29H2,1H3/t19-,22-,23-,24-/m0/s1. The van der Waals surface area contributed by atoms with Crippen LogP contribution in [-0.4, -0.2) is 47.3 Å². The van der Waals surface area contributed by atoms with E-state index < -0.39 is 6.04 Å². The van der Waals surface area contributed by atoms with Gasteiger partial charge in [-0.1, -0.05) is 60.7 Å². The molecule has 2 aliphatic rings. The van der Waals surface area contributed by atoms with Crippen molar-refractivity contribution < 1.29 is 14.0 Å². The molecule has 2 aliphatic heterocycles. The molecular formula is C28H31N3O3. The molecule has 2 saturated heterocycles. The Kier molecular flexibility index (Phi) is 6.24. The summed E-state index contributed by atoms with van der Waals surface area (Å²) >= 11 is 0. The molecule has 0 bridgehead atoms. The van der Waals surface area contributed by atoms with Crippen molar-refractivity contribution in [1.82, 2.24) is 9.80 Å². The molecule has 2 N–H and O–H groups in total. The second-order valence-corrected chi connectivity index (χ2v) is 9.49. The van der Waals surface area contributed by atoms with Crippen molar-refractivity contribution in [3.05, 3.63) is 95.4 Å². The maximum Gasteiger partial charge on any atom is 0.290 e. The minimum absolute atomic E-state index is 0.0317. The van der Waals surface area contributed by atoms with Crippen LogP contribution in [0.5, 0.6) is 0 Å². The molecule has 34 heavy (non-hydrogen) atoms. The number of carbonyl (C=O) groups excluding carboxylic acids is 2. The predicted molar refractivity (Wildman–Crippen MR) is 130 cm³/mol. The molecule has 0 spiro atoms. The summed E-state index contributed by atoms with van der Waals surface area (Å²) in [6, 6.07) is 23.1. The highest BCUT2D eigenvalue weighted by Crippen LogP contribution is 2.36. The lowest BCUT2D eigenvalue weighted by atomic mass is 9.96. The molecule has 2 aromatic carbocycles. The number of likely N-dealkylation sites (tertiary alicyclic amines) is 2. The van der Waals surface area contributed by atoms with E-state index in [0.717, 1.165) is 12.0 Å². The normalized spacial score (nSPS) is 23.3. The van der Waals surface area contributed by atoms with Gasteiger partial charge in [0.15, 0.2) is 5.76 Å². The summed E-state index contributed by atoms with van der Waals surface area (Å²) in [4.78, 5) is 30.9. The second-order valence-electron chi connectivity index (χ2n) is 9.49. The van der Waals surface area contributed by atoms with Gasteiger partial charge in [0.2, 0.25) is 5.91 Å². The molecule has 0 unspecified atom stereocenters. The van der Waals surface area contributed by atoms with Crippen LogP contribution in [0.3, 0.4) is 0 Å². The van der Waals surface area contributed by atoms with Gasteiger partial charge >= 0.3 is 0 Å². The van der Waals surface area contributed by atoms with Gasteiger partial charge in [-0.2, -0.15) is 0 Å². The number of hydrogen-bond donors (Lipinski definition) is 1. The van der Waals surface area contributed by atoms with Crippen molar-refractivity contribution in [3.63, 3.8) is 0 Å². The van der Waals surface area contributed by atoms with E-state index in [9.17, 15) is 9.59 Å². The molecule has 2 amide bonds. The Morgan fingerprint density at radius 1 is 0.912 bits per heavy atom.